The number of carbonyl (C=O) groups excluding carboxylic acids is 1. The second kappa shape index (κ2) is 8.96. The second-order valence-electron chi connectivity index (χ2n) is 12.3. The van der Waals surface area contributed by atoms with Gasteiger partial charge in [0.25, 0.3) is 5.91 Å². The molecule has 34 heavy (non-hydrogen) atoms. The first-order chi connectivity index (χ1) is 15.9. The topological polar surface area (TPSA) is 108 Å². The highest BCUT2D eigenvalue weighted by Crippen LogP contribution is 2.67. The summed E-state index contributed by atoms with van der Waals surface area (Å²) in [7, 11) is 0. The fourth-order valence-electron chi connectivity index (χ4n) is 7.79. The van der Waals surface area contributed by atoms with Gasteiger partial charge in [-0.15, -0.1) is 0 Å². The van der Waals surface area contributed by atoms with Crippen LogP contribution < -0.4 is 5.32 Å². The highest BCUT2D eigenvalue weighted by atomic mass is 16.6. The van der Waals surface area contributed by atoms with Crippen molar-refractivity contribution in [2.75, 3.05) is 6.61 Å². The Morgan fingerprint density at radius 1 is 1.12 bits per heavy atom. The standard InChI is InChI=1S/C27H42N2O5/c1-16(2)23(24(31)32)28-22(30)15-34-29-18-8-11-25(3)17(14-18)6-7-19-20(25)9-12-26(4)21(19)10-13-27(26,5)33/h14,16,19-21,23,33H,6-13,15H2,1-5H3,(H,28,30)(H,31,32)/b29-18-/t19-,20+,21+,23-,25+,26+,27+/m1/s1. The van der Waals surface area contributed by atoms with Crippen LogP contribution in [-0.2, 0) is 14.4 Å². The molecule has 0 heterocycles. The molecule has 7 atom stereocenters. The summed E-state index contributed by atoms with van der Waals surface area (Å²) in [5, 5.41) is 27.0. The largest absolute Gasteiger partial charge is 0.480 e. The quantitative estimate of drug-likeness (QED) is 0.498. The number of rotatable bonds is 6. The number of carboxylic acids is 1. The van der Waals surface area contributed by atoms with E-state index in [9.17, 15) is 19.8 Å². The van der Waals surface area contributed by atoms with Crippen molar-refractivity contribution in [2.24, 2.45) is 39.7 Å². The third kappa shape index (κ3) is 4.18. The number of allylic oxidation sites excluding steroid dienone is 2. The van der Waals surface area contributed by atoms with E-state index in [1.807, 2.05) is 0 Å². The van der Waals surface area contributed by atoms with Crippen molar-refractivity contribution < 1.29 is 24.6 Å². The number of nitrogens with zero attached hydrogens (tertiary/aromatic N) is 1. The van der Waals surface area contributed by atoms with Gasteiger partial charge in [0, 0.05) is 0 Å². The van der Waals surface area contributed by atoms with Crippen LogP contribution in [0.5, 0.6) is 0 Å². The van der Waals surface area contributed by atoms with Crippen LogP contribution in [0, 0.1) is 34.5 Å². The molecule has 4 aliphatic carbocycles. The van der Waals surface area contributed by atoms with Gasteiger partial charge in [-0.05, 0) is 98.9 Å². The van der Waals surface area contributed by atoms with Gasteiger partial charge in [0.15, 0.2) is 6.61 Å². The second-order valence-corrected chi connectivity index (χ2v) is 12.3. The Balaban J connectivity index is 1.40. The van der Waals surface area contributed by atoms with Gasteiger partial charge < -0.3 is 20.4 Å². The minimum absolute atomic E-state index is 0.0384. The van der Waals surface area contributed by atoms with E-state index in [0.717, 1.165) is 44.2 Å². The molecule has 0 bridgehead atoms. The molecule has 0 unspecified atom stereocenters. The van der Waals surface area contributed by atoms with E-state index in [-0.39, 0.29) is 23.4 Å². The molecule has 0 aromatic carbocycles. The van der Waals surface area contributed by atoms with Gasteiger partial charge in [-0.2, -0.15) is 0 Å². The number of carboxylic acid groups (broad SMARTS) is 1. The van der Waals surface area contributed by atoms with Gasteiger partial charge in [0.2, 0.25) is 0 Å². The van der Waals surface area contributed by atoms with Crippen molar-refractivity contribution in [3.05, 3.63) is 11.6 Å². The lowest BCUT2D eigenvalue weighted by Crippen LogP contribution is -2.53. The summed E-state index contributed by atoms with van der Waals surface area (Å²) in [5.41, 5.74) is 1.97. The van der Waals surface area contributed by atoms with Crippen LogP contribution in [0.2, 0.25) is 0 Å². The number of hydrogen-bond donors (Lipinski definition) is 3. The summed E-state index contributed by atoms with van der Waals surface area (Å²) in [6.45, 7) is 10.0. The van der Waals surface area contributed by atoms with Gasteiger partial charge in [-0.3, -0.25) is 4.79 Å². The van der Waals surface area contributed by atoms with E-state index in [4.69, 9.17) is 4.84 Å². The Morgan fingerprint density at radius 2 is 1.82 bits per heavy atom. The molecule has 3 fully saturated rings. The molecule has 0 saturated heterocycles. The zero-order valence-electron chi connectivity index (χ0n) is 21.4. The zero-order valence-corrected chi connectivity index (χ0v) is 21.4. The molecule has 4 rings (SSSR count). The summed E-state index contributed by atoms with van der Waals surface area (Å²) in [6, 6.07) is -0.933. The average Bonchev–Trinajstić information content (AvgIpc) is 3.00. The molecule has 0 aliphatic heterocycles. The van der Waals surface area contributed by atoms with Gasteiger partial charge in [-0.1, -0.05) is 38.4 Å². The molecule has 3 N–H and O–H groups in total. The Kier molecular flexibility index (Phi) is 6.64. The predicted octanol–water partition coefficient (Wildman–Crippen LogP) is 4.30. The first kappa shape index (κ1) is 25.2. The molecule has 7 nitrogen and oxygen atoms in total. The van der Waals surface area contributed by atoms with E-state index < -0.39 is 23.5 Å². The van der Waals surface area contributed by atoms with E-state index in [0.29, 0.717) is 17.8 Å². The Bertz CT molecular complexity index is 893. The average molecular weight is 475 g/mol. The molecule has 190 valence electrons. The lowest BCUT2D eigenvalue weighted by Gasteiger charge is -2.59. The van der Waals surface area contributed by atoms with Crippen LogP contribution in [-0.4, -0.2) is 46.1 Å². The molecular formula is C27H42N2O5. The first-order valence-corrected chi connectivity index (χ1v) is 13.0. The molecule has 0 spiro atoms. The third-order valence-corrected chi connectivity index (χ3v) is 10.2. The number of fused-ring (bicyclic) bond motifs is 5. The summed E-state index contributed by atoms with van der Waals surface area (Å²) in [6.07, 6.45) is 10.6. The SMILES string of the molecule is CC(C)[C@@H](NC(=O)CO/N=C1\C=C2CC[C@@H]3[C@H](CC[C@@]4(C)[C@H]3CC[C@]4(C)O)[C@@]2(C)CC1)C(=O)O. The molecule has 0 radical (unpaired) electrons. The zero-order chi connectivity index (χ0) is 24.9. The van der Waals surface area contributed by atoms with Crippen molar-refractivity contribution >= 4 is 17.6 Å². The lowest BCUT2D eigenvalue weighted by molar-refractivity contribution is -0.143. The minimum Gasteiger partial charge on any atom is -0.480 e. The molecule has 0 aromatic heterocycles. The fourth-order valence-corrected chi connectivity index (χ4v) is 7.79. The highest BCUT2D eigenvalue weighted by molar-refractivity contribution is 5.96. The Labute approximate surface area is 203 Å². The number of carbonyl (C=O) groups is 2. The first-order valence-electron chi connectivity index (χ1n) is 13.0. The number of hydrogen-bond acceptors (Lipinski definition) is 5. The van der Waals surface area contributed by atoms with Gasteiger partial charge in [-0.25, -0.2) is 4.79 Å². The number of oxime groups is 1. The lowest BCUT2D eigenvalue weighted by atomic mass is 9.46. The van der Waals surface area contributed by atoms with E-state index >= 15 is 0 Å². The molecule has 3 saturated carbocycles. The summed E-state index contributed by atoms with van der Waals surface area (Å²) < 4.78 is 0. The monoisotopic (exact) mass is 474 g/mol. The number of aliphatic carboxylic acids is 1. The molecule has 0 aromatic rings. The number of nitrogens with one attached hydrogen (secondary N) is 1. The van der Waals surface area contributed by atoms with E-state index in [2.05, 4.69) is 37.3 Å². The highest BCUT2D eigenvalue weighted by Gasteiger charge is 2.62. The molecule has 7 heteroatoms. The van der Waals surface area contributed by atoms with Crippen LogP contribution in [0.3, 0.4) is 0 Å². The summed E-state index contributed by atoms with van der Waals surface area (Å²) in [5.74, 6) is 0.199. The smallest absolute Gasteiger partial charge is 0.326 e. The normalized spacial score (nSPS) is 41.2. The molecule has 4 aliphatic rings. The van der Waals surface area contributed by atoms with Crippen molar-refractivity contribution in [3.63, 3.8) is 0 Å². The Morgan fingerprint density at radius 3 is 2.50 bits per heavy atom. The van der Waals surface area contributed by atoms with Crippen molar-refractivity contribution in [3.8, 4) is 0 Å². The Hall–Kier alpha value is -1.89. The van der Waals surface area contributed by atoms with Gasteiger partial charge in [0.1, 0.15) is 6.04 Å². The van der Waals surface area contributed by atoms with Crippen molar-refractivity contribution in [1.29, 1.82) is 0 Å². The van der Waals surface area contributed by atoms with Crippen LogP contribution in [0.25, 0.3) is 0 Å². The van der Waals surface area contributed by atoms with Crippen LogP contribution in [0.4, 0.5) is 0 Å². The van der Waals surface area contributed by atoms with Crippen molar-refractivity contribution in [2.45, 2.75) is 97.6 Å². The van der Waals surface area contributed by atoms with E-state index in [1.54, 1.807) is 13.8 Å². The maximum atomic E-state index is 12.1. The molecular weight excluding hydrogens is 432 g/mol. The number of aliphatic hydroxyl groups is 1. The predicted molar refractivity (Wildman–Crippen MR) is 130 cm³/mol. The van der Waals surface area contributed by atoms with Gasteiger partial charge in [0.05, 0.1) is 11.3 Å². The molecule has 1 amide bonds. The van der Waals surface area contributed by atoms with Crippen LogP contribution >= 0.6 is 0 Å². The summed E-state index contributed by atoms with van der Waals surface area (Å²) in [4.78, 5) is 28.7. The van der Waals surface area contributed by atoms with Crippen LogP contribution in [0.1, 0.15) is 86.0 Å². The minimum atomic E-state index is -1.05. The van der Waals surface area contributed by atoms with Crippen molar-refractivity contribution in [1.82, 2.24) is 5.32 Å². The van der Waals surface area contributed by atoms with Crippen LogP contribution in [0.15, 0.2) is 16.8 Å². The third-order valence-electron chi connectivity index (χ3n) is 10.2. The van der Waals surface area contributed by atoms with Gasteiger partial charge >= 0.3 is 5.97 Å². The number of amides is 1. The fraction of sp³-hybridized carbons (Fsp3) is 0.815. The van der Waals surface area contributed by atoms with E-state index in [1.165, 1.54) is 18.4 Å². The summed E-state index contributed by atoms with van der Waals surface area (Å²) >= 11 is 0. The maximum Gasteiger partial charge on any atom is 0.326 e. The maximum absolute atomic E-state index is 12.1.